The van der Waals surface area contributed by atoms with Crippen molar-refractivity contribution in [1.82, 2.24) is 10.6 Å². The van der Waals surface area contributed by atoms with Crippen LogP contribution in [0, 0.1) is 5.92 Å². The first-order valence-electron chi connectivity index (χ1n) is 7.38. The minimum absolute atomic E-state index is 0.0133. The molecule has 2 aromatic rings. The zero-order chi connectivity index (χ0) is 19.1. The first kappa shape index (κ1) is 18.2. The molecule has 3 atom stereocenters. The molecule has 1 aliphatic heterocycles. The number of aromatic hydroxyl groups is 1. The van der Waals surface area contributed by atoms with Crippen molar-refractivity contribution in [1.29, 1.82) is 0 Å². The third-order valence-electron chi connectivity index (χ3n) is 4.10. The summed E-state index contributed by atoms with van der Waals surface area (Å²) in [5.41, 5.74) is -3.62. The topological polar surface area (TPSA) is 98.7 Å². The second-order valence-electron chi connectivity index (χ2n) is 5.75. The number of hydrogen-bond acceptors (Lipinski definition) is 5. The quantitative estimate of drug-likeness (QED) is 0.610. The molecule has 1 fully saturated rings. The molecule has 0 radical (unpaired) electrons. The molecule has 0 spiro atoms. The molecule has 2 heterocycles. The number of phenols is 1. The number of amides is 2. The van der Waals surface area contributed by atoms with Gasteiger partial charge in [0.15, 0.2) is 5.78 Å². The van der Waals surface area contributed by atoms with Crippen LogP contribution in [0.4, 0.5) is 18.0 Å². The fourth-order valence-corrected chi connectivity index (χ4v) is 3.57. The van der Waals surface area contributed by atoms with Crippen LogP contribution in [0.5, 0.6) is 5.75 Å². The molecular formula is C16H13F3N2O4S. The molecule has 0 unspecified atom stereocenters. The average molecular weight is 386 g/mol. The van der Waals surface area contributed by atoms with Crippen molar-refractivity contribution in [3.63, 3.8) is 0 Å². The van der Waals surface area contributed by atoms with Gasteiger partial charge in [0.1, 0.15) is 11.7 Å². The number of aliphatic hydroxyl groups is 1. The number of carbonyl (C=O) groups excluding carboxylic acids is 2. The minimum atomic E-state index is -5.29. The van der Waals surface area contributed by atoms with Crippen molar-refractivity contribution in [3.05, 3.63) is 52.2 Å². The fourth-order valence-electron chi connectivity index (χ4n) is 2.87. The predicted octanol–water partition coefficient (Wildman–Crippen LogP) is 2.56. The minimum Gasteiger partial charge on any atom is -0.508 e. The molecule has 1 aromatic carbocycles. The number of rotatable bonds is 3. The highest BCUT2D eigenvalue weighted by molar-refractivity contribution is 7.12. The van der Waals surface area contributed by atoms with Crippen LogP contribution in [0.1, 0.15) is 21.3 Å². The normalized spacial score (nSPS) is 26.1. The Morgan fingerprint density at radius 2 is 1.85 bits per heavy atom. The smallest absolute Gasteiger partial charge is 0.437 e. The number of phenolic OH excluding ortho intramolecular Hbond substituents is 1. The number of ketones is 1. The van der Waals surface area contributed by atoms with Crippen LogP contribution in [0.15, 0.2) is 41.8 Å². The molecule has 6 nitrogen and oxygen atoms in total. The van der Waals surface area contributed by atoms with Crippen LogP contribution in [0.2, 0.25) is 0 Å². The molecule has 2 amide bonds. The summed E-state index contributed by atoms with van der Waals surface area (Å²) in [4.78, 5) is 24.6. The van der Waals surface area contributed by atoms with Gasteiger partial charge in [-0.25, -0.2) is 4.79 Å². The van der Waals surface area contributed by atoms with E-state index in [0.29, 0.717) is 0 Å². The van der Waals surface area contributed by atoms with Gasteiger partial charge in [-0.15, -0.1) is 11.3 Å². The number of benzene rings is 1. The Balaban J connectivity index is 2.14. The molecule has 1 aliphatic rings. The number of urea groups is 1. The third-order valence-corrected chi connectivity index (χ3v) is 4.99. The molecule has 3 rings (SSSR count). The summed E-state index contributed by atoms with van der Waals surface area (Å²) in [5.74, 6) is -3.17. The Morgan fingerprint density at radius 3 is 2.38 bits per heavy atom. The third kappa shape index (κ3) is 3.01. The van der Waals surface area contributed by atoms with Gasteiger partial charge in [0, 0.05) is 0 Å². The van der Waals surface area contributed by atoms with Crippen LogP contribution < -0.4 is 10.6 Å². The number of thiophene rings is 1. The average Bonchev–Trinajstić information content (AvgIpc) is 3.08. The highest BCUT2D eigenvalue weighted by atomic mass is 32.1. The van der Waals surface area contributed by atoms with E-state index in [9.17, 15) is 33.0 Å². The van der Waals surface area contributed by atoms with E-state index in [4.69, 9.17) is 0 Å². The lowest BCUT2D eigenvalue weighted by molar-refractivity contribution is -0.287. The largest absolute Gasteiger partial charge is 0.508 e. The van der Waals surface area contributed by atoms with Gasteiger partial charge in [0.2, 0.25) is 5.72 Å². The van der Waals surface area contributed by atoms with E-state index in [-0.39, 0.29) is 16.2 Å². The number of nitrogens with one attached hydrogen (secondary N) is 2. The van der Waals surface area contributed by atoms with Gasteiger partial charge in [-0.2, -0.15) is 13.2 Å². The van der Waals surface area contributed by atoms with Gasteiger partial charge in [-0.05, 0) is 29.1 Å². The van der Waals surface area contributed by atoms with E-state index in [2.05, 4.69) is 5.32 Å². The van der Waals surface area contributed by atoms with Gasteiger partial charge in [0.25, 0.3) is 0 Å². The summed E-state index contributed by atoms with van der Waals surface area (Å²) >= 11 is 0.928. The second kappa shape index (κ2) is 6.29. The summed E-state index contributed by atoms with van der Waals surface area (Å²) in [7, 11) is 0. The second-order valence-corrected chi connectivity index (χ2v) is 6.70. The zero-order valence-electron chi connectivity index (χ0n) is 12.9. The van der Waals surface area contributed by atoms with Crippen molar-refractivity contribution in [3.8, 4) is 5.75 Å². The standard InChI is InChI=1S/C16H13F3N2O4S/c17-16(18,19)15(25)11(13(23)10-2-1-7-26-10)12(20-14(24)21-15)8-3-5-9(22)6-4-8/h1-7,11-12,22,25H,(H2,20,21,24)/t11-,12-,15-/m0/s1. The highest BCUT2D eigenvalue weighted by Gasteiger charge is 2.66. The summed E-state index contributed by atoms with van der Waals surface area (Å²) in [6, 6.07) is 5.09. The molecule has 1 saturated heterocycles. The first-order valence-corrected chi connectivity index (χ1v) is 8.26. The van der Waals surface area contributed by atoms with Crippen molar-refractivity contribution in [2.75, 3.05) is 0 Å². The van der Waals surface area contributed by atoms with Crippen molar-refractivity contribution >= 4 is 23.2 Å². The fraction of sp³-hybridized carbons (Fsp3) is 0.250. The number of halogens is 3. The van der Waals surface area contributed by atoms with Crippen molar-refractivity contribution < 1.29 is 33.0 Å². The van der Waals surface area contributed by atoms with E-state index in [1.807, 2.05) is 0 Å². The summed E-state index contributed by atoms with van der Waals surface area (Å²) < 4.78 is 40.9. The Kier molecular flexibility index (Phi) is 4.41. The number of alkyl halides is 3. The van der Waals surface area contributed by atoms with Crippen LogP contribution >= 0.6 is 11.3 Å². The van der Waals surface area contributed by atoms with E-state index in [0.717, 1.165) is 11.3 Å². The zero-order valence-corrected chi connectivity index (χ0v) is 13.8. The summed E-state index contributed by atoms with van der Waals surface area (Å²) in [6.07, 6.45) is -5.29. The van der Waals surface area contributed by atoms with Gasteiger partial charge in [-0.1, -0.05) is 18.2 Å². The van der Waals surface area contributed by atoms with E-state index < -0.39 is 35.7 Å². The Hall–Kier alpha value is -2.59. The number of Topliss-reactive ketones (excluding diaryl/α,β-unsaturated/α-hetero) is 1. The summed E-state index contributed by atoms with van der Waals surface area (Å²) in [5, 5.41) is 24.9. The number of hydrogen-bond donors (Lipinski definition) is 4. The lowest BCUT2D eigenvalue weighted by Crippen LogP contribution is -2.72. The lowest BCUT2D eigenvalue weighted by atomic mass is 9.78. The molecule has 1 aromatic heterocycles. The van der Waals surface area contributed by atoms with Gasteiger partial charge in [-0.3, -0.25) is 4.79 Å². The number of carbonyl (C=O) groups is 2. The SMILES string of the molecule is O=C1N[C@@H](c2ccc(O)cc2)[C@@H](C(=O)c2cccs2)[C@](O)(C(F)(F)F)N1. The molecule has 4 N–H and O–H groups in total. The van der Waals surface area contributed by atoms with Gasteiger partial charge in [0.05, 0.1) is 10.9 Å². The molecule has 0 aliphatic carbocycles. The molecule has 0 saturated carbocycles. The molecule has 138 valence electrons. The van der Waals surface area contributed by atoms with Gasteiger partial charge < -0.3 is 20.8 Å². The predicted molar refractivity (Wildman–Crippen MR) is 85.7 cm³/mol. The molecule has 10 heteroatoms. The van der Waals surface area contributed by atoms with Crippen LogP contribution in [0.25, 0.3) is 0 Å². The van der Waals surface area contributed by atoms with E-state index in [1.54, 1.807) is 0 Å². The monoisotopic (exact) mass is 386 g/mol. The van der Waals surface area contributed by atoms with Gasteiger partial charge >= 0.3 is 12.2 Å². The Bertz CT molecular complexity index is 823. The molecule has 26 heavy (non-hydrogen) atoms. The van der Waals surface area contributed by atoms with Crippen LogP contribution in [0.3, 0.4) is 0 Å². The maximum absolute atomic E-state index is 13.6. The maximum Gasteiger partial charge on any atom is 0.437 e. The van der Waals surface area contributed by atoms with E-state index >= 15 is 0 Å². The maximum atomic E-state index is 13.6. The highest BCUT2D eigenvalue weighted by Crippen LogP contribution is 2.44. The van der Waals surface area contributed by atoms with Crippen molar-refractivity contribution in [2.45, 2.75) is 17.9 Å². The van der Waals surface area contributed by atoms with Crippen molar-refractivity contribution in [2.24, 2.45) is 5.92 Å². The molecule has 0 bridgehead atoms. The first-order chi connectivity index (χ1) is 12.1. The Morgan fingerprint density at radius 1 is 1.19 bits per heavy atom. The van der Waals surface area contributed by atoms with Crippen LogP contribution in [-0.4, -0.2) is 33.9 Å². The summed E-state index contributed by atoms with van der Waals surface area (Å²) in [6.45, 7) is 0. The lowest BCUT2D eigenvalue weighted by Gasteiger charge is -2.44. The molecular weight excluding hydrogens is 373 g/mol. The van der Waals surface area contributed by atoms with Crippen LogP contribution in [-0.2, 0) is 0 Å². The Labute approximate surface area is 149 Å². The van der Waals surface area contributed by atoms with E-state index in [1.165, 1.54) is 47.1 Å².